The van der Waals surface area contributed by atoms with Gasteiger partial charge in [-0.15, -0.1) is 4.36 Å². The van der Waals surface area contributed by atoms with Crippen molar-refractivity contribution in [1.82, 2.24) is 10.0 Å². The maximum Gasteiger partial charge on any atom is 0.327 e. The number of carbonyl (C=O) groups excluding carboxylic acids is 2. The highest BCUT2D eigenvalue weighted by Crippen LogP contribution is 2.42. The molecule has 256 valence electrons. The molecule has 5 rings (SSSR count). The molecule has 2 bridgehead atoms. The SMILES string of the molecule is CO[C@H]1/C=C/COC(C)(C)C(=O)N=[S@@](=O)(NC(=O)NC(C)C)c2ccc3c(c2)N(CCCCc2cc(Cl)ccc2CO3)C[C@@H]2CC[C@H]21. The number of ether oxygens (including phenoxy) is 3. The number of urea groups is 1. The maximum atomic E-state index is 14.7. The Kier molecular flexibility index (Phi) is 11.2. The van der Waals surface area contributed by atoms with E-state index < -0.39 is 27.5 Å². The van der Waals surface area contributed by atoms with Crippen molar-refractivity contribution in [2.75, 3.05) is 31.7 Å². The molecule has 0 radical (unpaired) electrons. The highest BCUT2D eigenvalue weighted by atomic mass is 35.5. The minimum Gasteiger partial charge on any atom is -0.487 e. The number of rotatable bonds is 3. The second kappa shape index (κ2) is 15.0. The van der Waals surface area contributed by atoms with Gasteiger partial charge >= 0.3 is 6.03 Å². The Labute approximate surface area is 283 Å². The molecule has 3 aliphatic rings. The minimum atomic E-state index is -3.81. The molecule has 10 nitrogen and oxygen atoms in total. The van der Waals surface area contributed by atoms with E-state index >= 15 is 0 Å². The fraction of sp³-hybridized carbons (Fsp3) is 0.543. The first kappa shape index (κ1) is 35.2. The van der Waals surface area contributed by atoms with Gasteiger partial charge < -0.3 is 24.4 Å². The smallest absolute Gasteiger partial charge is 0.327 e. The number of nitrogens with one attached hydrogen (secondary N) is 2. The van der Waals surface area contributed by atoms with Crippen LogP contribution < -0.4 is 19.7 Å². The first-order chi connectivity index (χ1) is 22.4. The van der Waals surface area contributed by atoms with Crippen LogP contribution in [0.15, 0.2) is 57.8 Å². The van der Waals surface area contributed by atoms with Gasteiger partial charge in [0.1, 0.15) is 18.0 Å². The molecule has 1 fully saturated rings. The Morgan fingerprint density at radius 3 is 2.68 bits per heavy atom. The van der Waals surface area contributed by atoms with Crippen molar-refractivity contribution < 1.29 is 28.0 Å². The number of hydrogen-bond acceptors (Lipinski definition) is 7. The number of benzene rings is 2. The van der Waals surface area contributed by atoms with Crippen LogP contribution in [0.5, 0.6) is 5.75 Å². The van der Waals surface area contributed by atoms with E-state index in [1.807, 2.05) is 30.4 Å². The highest BCUT2D eigenvalue weighted by molar-refractivity contribution is 7.92. The van der Waals surface area contributed by atoms with E-state index in [0.29, 0.717) is 29.2 Å². The average Bonchev–Trinajstić information content (AvgIpc) is 3.02. The fourth-order valence-electron chi connectivity index (χ4n) is 6.31. The summed E-state index contributed by atoms with van der Waals surface area (Å²) < 4.78 is 39.8. The third-order valence-corrected chi connectivity index (χ3v) is 11.1. The molecule has 12 heteroatoms. The second-order valence-corrected chi connectivity index (χ2v) is 15.7. The van der Waals surface area contributed by atoms with Crippen LogP contribution in [0.3, 0.4) is 0 Å². The molecule has 4 atom stereocenters. The summed E-state index contributed by atoms with van der Waals surface area (Å²) in [6.07, 6.45) is 8.58. The Bertz CT molecular complexity index is 1620. The molecule has 47 heavy (non-hydrogen) atoms. The van der Waals surface area contributed by atoms with Gasteiger partial charge in [0.05, 0.1) is 23.3 Å². The van der Waals surface area contributed by atoms with Crippen LogP contribution in [0.1, 0.15) is 64.5 Å². The van der Waals surface area contributed by atoms with Gasteiger partial charge in [-0.1, -0.05) is 29.8 Å². The van der Waals surface area contributed by atoms with E-state index in [1.54, 1.807) is 53.0 Å². The molecule has 2 heterocycles. The normalized spacial score (nSPS) is 27.1. The van der Waals surface area contributed by atoms with Crippen molar-refractivity contribution in [3.05, 3.63) is 64.7 Å². The lowest BCUT2D eigenvalue weighted by molar-refractivity contribution is -0.137. The lowest BCUT2D eigenvalue weighted by Gasteiger charge is -2.43. The van der Waals surface area contributed by atoms with Crippen LogP contribution in [0.25, 0.3) is 0 Å². The third kappa shape index (κ3) is 8.49. The monoisotopic (exact) mass is 686 g/mol. The van der Waals surface area contributed by atoms with Gasteiger partial charge in [0.25, 0.3) is 5.91 Å². The number of halogens is 1. The second-order valence-electron chi connectivity index (χ2n) is 13.3. The summed E-state index contributed by atoms with van der Waals surface area (Å²) in [4.78, 5) is 29.1. The van der Waals surface area contributed by atoms with Crippen molar-refractivity contribution >= 4 is 39.1 Å². The van der Waals surface area contributed by atoms with Crippen LogP contribution in [0.2, 0.25) is 5.02 Å². The number of aryl methyl sites for hydroxylation is 1. The topological polar surface area (TPSA) is 119 Å². The maximum absolute atomic E-state index is 14.7. The number of hydrogen-bond donors (Lipinski definition) is 2. The van der Waals surface area contributed by atoms with Gasteiger partial charge in [0.15, 0.2) is 9.92 Å². The van der Waals surface area contributed by atoms with E-state index in [9.17, 15) is 13.8 Å². The van der Waals surface area contributed by atoms with E-state index in [0.717, 1.165) is 62.0 Å². The fourth-order valence-corrected chi connectivity index (χ4v) is 8.06. The van der Waals surface area contributed by atoms with E-state index in [-0.39, 0.29) is 23.6 Å². The average molecular weight is 687 g/mol. The van der Waals surface area contributed by atoms with Gasteiger partial charge in [-0.2, -0.15) is 0 Å². The van der Waals surface area contributed by atoms with Crippen molar-refractivity contribution in [3.8, 4) is 5.75 Å². The molecule has 0 saturated heterocycles. The van der Waals surface area contributed by atoms with Crippen molar-refractivity contribution in [2.24, 2.45) is 16.2 Å². The molecular formula is C35H47ClN4O6S. The molecule has 0 unspecified atom stereocenters. The van der Waals surface area contributed by atoms with Crippen LogP contribution in [-0.4, -0.2) is 60.7 Å². The zero-order valence-electron chi connectivity index (χ0n) is 27.9. The summed E-state index contributed by atoms with van der Waals surface area (Å²) in [5.41, 5.74) is 1.54. The number of carbonyl (C=O) groups is 2. The van der Waals surface area contributed by atoms with Gasteiger partial charge in [-0.05, 0) is 113 Å². The molecular weight excluding hydrogens is 640 g/mol. The predicted molar refractivity (Wildman–Crippen MR) is 184 cm³/mol. The summed E-state index contributed by atoms with van der Waals surface area (Å²) in [5.74, 6) is 0.504. The Balaban J connectivity index is 1.65. The zero-order valence-corrected chi connectivity index (χ0v) is 29.5. The molecule has 1 aliphatic carbocycles. The van der Waals surface area contributed by atoms with Gasteiger partial charge in [0.2, 0.25) is 0 Å². The minimum absolute atomic E-state index is 0.0959. The van der Waals surface area contributed by atoms with E-state index in [2.05, 4.69) is 19.3 Å². The Morgan fingerprint density at radius 2 is 1.96 bits per heavy atom. The summed E-state index contributed by atoms with van der Waals surface area (Å²) in [7, 11) is -2.08. The third-order valence-electron chi connectivity index (χ3n) is 9.14. The number of nitrogens with zero attached hydrogens (tertiary/aromatic N) is 2. The van der Waals surface area contributed by atoms with Crippen LogP contribution in [0, 0.1) is 11.8 Å². The van der Waals surface area contributed by atoms with E-state index in [1.165, 1.54) is 0 Å². The molecule has 1 saturated carbocycles. The standard InChI is InChI=1S/C35H47ClN4O6S/c1-23(2)37-34(42)39-47(43)28-14-16-32-30(20-28)40(17-7-6-9-24-19-27(36)13-11-26(24)22-45-32)21-25-12-15-29(25)31(44-5)10-8-18-46-35(3,4)33(41)38-47/h8,10-11,13-14,16,19-20,23,25,29,31H,6-7,9,12,15,17-18,21-22H2,1-5H3,(H2,37,38,39,41,42,43)/b10-8+/t25-,29+,31-,47+/m0/s1. The first-order valence-electron chi connectivity index (χ1n) is 16.4. The first-order valence-corrected chi connectivity index (χ1v) is 18.3. The molecule has 0 aromatic heterocycles. The number of anilines is 1. The summed E-state index contributed by atoms with van der Waals surface area (Å²) in [5, 5.41) is 3.40. The molecule has 2 aromatic carbocycles. The molecule has 0 spiro atoms. The summed E-state index contributed by atoms with van der Waals surface area (Å²) in [6, 6.07) is 10.1. The lowest BCUT2D eigenvalue weighted by Crippen LogP contribution is -2.44. The Hall–Kier alpha value is -3.12. The van der Waals surface area contributed by atoms with E-state index in [4.69, 9.17) is 25.8 Å². The molecule has 2 aromatic rings. The number of fused-ring (bicyclic) bond motifs is 3. The van der Waals surface area contributed by atoms with Crippen LogP contribution in [-0.2, 0) is 37.2 Å². The number of methoxy groups -OCH3 is 1. The zero-order chi connectivity index (χ0) is 33.8. The molecule has 2 N–H and O–H groups in total. The van der Waals surface area contributed by atoms with Crippen molar-refractivity contribution in [1.29, 1.82) is 0 Å². The largest absolute Gasteiger partial charge is 0.487 e. The van der Waals surface area contributed by atoms with Crippen molar-refractivity contribution in [2.45, 2.75) is 89.0 Å². The van der Waals surface area contributed by atoms with Crippen LogP contribution >= 0.6 is 11.6 Å². The van der Waals surface area contributed by atoms with Crippen molar-refractivity contribution in [3.63, 3.8) is 0 Å². The molecule has 2 aliphatic heterocycles. The Morgan fingerprint density at radius 1 is 1.15 bits per heavy atom. The summed E-state index contributed by atoms with van der Waals surface area (Å²) in [6.45, 7) is 8.68. The quantitative estimate of drug-likeness (QED) is 0.357. The van der Waals surface area contributed by atoms with Gasteiger partial charge in [-0.25, -0.2) is 13.7 Å². The lowest BCUT2D eigenvalue weighted by atomic mass is 9.70. The number of amides is 3. The highest BCUT2D eigenvalue weighted by Gasteiger charge is 2.38. The van der Waals surface area contributed by atoms with Crippen LogP contribution in [0.4, 0.5) is 10.5 Å². The summed E-state index contributed by atoms with van der Waals surface area (Å²) >= 11 is 6.36. The molecule has 3 amide bonds. The predicted octanol–water partition coefficient (Wildman–Crippen LogP) is 6.44. The van der Waals surface area contributed by atoms with Gasteiger partial charge in [0, 0.05) is 31.3 Å². The van der Waals surface area contributed by atoms with Gasteiger partial charge in [-0.3, -0.25) is 4.79 Å².